The van der Waals surface area contributed by atoms with E-state index in [0.29, 0.717) is 10.7 Å². The lowest BCUT2D eigenvalue weighted by Crippen LogP contribution is -2.12. The SMILES string of the molecule is CCCSc1ccccc1C(=O)Nc1nnc(Cc2ccccc2)s1. The summed E-state index contributed by atoms with van der Waals surface area (Å²) in [7, 11) is 0. The van der Waals surface area contributed by atoms with E-state index in [1.165, 1.54) is 16.9 Å². The van der Waals surface area contributed by atoms with E-state index < -0.39 is 0 Å². The first-order valence-electron chi connectivity index (χ1n) is 8.15. The van der Waals surface area contributed by atoms with Gasteiger partial charge in [0.15, 0.2) is 0 Å². The van der Waals surface area contributed by atoms with Crippen LogP contribution in [0, 0.1) is 0 Å². The van der Waals surface area contributed by atoms with E-state index >= 15 is 0 Å². The molecule has 0 saturated carbocycles. The summed E-state index contributed by atoms with van der Waals surface area (Å²) in [6.07, 6.45) is 1.79. The first-order chi connectivity index (χ1) is 12.3. The zero-order chi connectivity index (χ0) is 17.5. The molecule has 6 heteroatoms. The first-order valence-corrected chi connectivity index (χ1v) is 9.96. The smallest absolute Gasteiger partial charge is 0.258 e. The molecule has 128 valence electrons. The highest BCUT2D eigenvalue weighted by Crippen LogP contribution is 2.25. The van der Waals surface area contributed by atoms with Crippen LogP contribution in [0.15, 0.2) is 59.5 Å². The number of rotatable bonds is 7. The van der Waals surface area contributed by atoms with E-state index in [-0.39, 0.29) is 5.91 Å². The van der Waals surface area contributed by atoms with Gasteiger partial charge in [0, 0.05) is 11.3 Å². The van der Waals surface area contributed by atoms with Crippen molar-refractivity contribution in [3.8, 4) is 0 Å². The molecule has 0 radical (unpaired) electrons. The number of carbonyl (C=O) groups excluding carboxylic acids is 1. The molecular formula is C19H19N3OS2. The molecule has 0 aliphatic rings. The van der Waals surface area contributed by atoms with Crippen molar-refractivity contribution in [3.63, 3.8) is 0 Å². The van der Waals surface area contributed by atoms with Gasteiger partial charge in [-0.25, -0.2) is 0 Å². The molecule has 1 aromatic heterocycles. The van der Waals surface area contributed by atoms with Crippen LogP contribution in [0.25, 0.3) is 0 Å². The number of nitrogens with one attached hydrogen (secondary N) is 1. The van der Waals surface area contributed by atoms with Gasteiger partial charge in [-0.15, -0.1) is 22.0 Å². The van der Waals surface area contributed by atoms with Crippen molar-refractivity contribution in [3.05, 3.63) is 70.7 Å². The third-order valence-electron chi connectivity index (χ3n) is 3.48. The number of hydrogen-bond acceptors (Lipinski definition) is 5. The van der Waals surface area contributed by atoms with Gasteiger partial charge >= 0.3 is 0 Å². The summed E-state index contributed by atoms with van der Waals surface area (Å²) in [6, 6.07) is 17.8. The molecule has 25 heavy (non-hydrogen) atoms. The number of carbonyl (C=O) groups is 1. The number of aromatic nitrogens is 2. The highest BCUT2D eigenvalue weighted by atomic mass is 32.2. The van der Waals surface area contributed by atoms with Crippen LogP contribution in [0.2, 0.25) is 0 Å². The summed E-state index contributed by atoms with van der Waals surface area (Å²) < 4.78 is 0. The summed E-state index contributed by atoms with van der Waals surface area (Å²) >= 11 is 3.11. The van der Waals surface area contributed by atoms with Gasteiger partial charge in [-0.1, -0.05) is 60.7 Å². The van der Waals surface area contributed by atoms with Crippen molar-refractivity contribution in [2.24, 2.45) is 0 Å². The zero-order valence-corrected chi connectivity index (χ0v) is 15.6. The third-order valence-corrected chi connectivity index (χ3v) is 5.60. The maximum Gasteiger partial charge on any atom is 0.258 e. The molecule has 0 spiro atoms. The highest BCUT2D eigenvalue weighted by Gasteiger charge is 2.14. The molecule has 1 amide bonds. The van der Waals surface area contributed by atoms with Crippen LogP contribution in [0.1, 0.15) is 34.3 Å². The van der Waals surface area contributed by atoms with Crippen LogP contribution >= 0.6 is 23.1 Å². The van der Waals surface area contributed by atoms with Gasteiger partial charge in [0.2, 0.25) is 5.13 Å². The molecule has 3 rings (SSSR count). The Morgan fingerprint density at radius 2 is 1.84 bits per heavy atom. The summed E-state index contributed by atoms with van der Waals surface area (Å²) in [5.74, 6) is 0.853. The van der Waals surface area contributed by atoms with E-state index in [9.17, 15) is 4.79 Å². The van der Waals surface area contributed by atoms with Crippen LogP contribution in [-0.4, -0.2) is 21.9 Å². The van der Waals surface area contributed by atoms with Crippen molar-refractivity contribution in [2.75, 3.05) is 11.1 Å². The molecular weight excluding hydrogens is 350 g/mol. The van der Waals surface area contributed by atoms with Crippen molar-refractivity contribution in [2.45, 2.75) is 24.7 Å². The molecule has 0 unspecified atom stereocenters. The predicted molar refractivity (Wildman–Crippen MR) is 105 cm³/mol. The summed E-state index contributed by atoms with van der Waals surface area (Å²) in [4.78, 5) is 13.6. The number of thioether (sulfide) groups is 1. The monoisotopic (exact) mass is 369 g/mol. The van der Waals surface area contributed by atoms with Gasteiger partial charge in [-0.05, 0) is 29.9 Å². The van der Waals surface area contributed by atoms with E-state index in [0.717, 1.165) is 28.5 Å². The molecule has 0 bridgehead atoms. The fourth-order valence-electron chi connectivity index (χ4n) is 2.30. The van der Waals surface area contributed by atoms with E-state index in [1.54, 1.807) is 11.8 Å². The van der Waals surface area contributed by atoms with Gasteiger partial charge in [-0.2, -0.15) is 0 Å². The van der Waals surface area contributed by atoms with Crippen LogP contribution in [0.3, 0.4) is 0 Å². The third kappa shape index (κ3) is 4.90. The Kier molecular flexibility index (Phi) is 6.19. The lowest BCUT2D eigenvalue weighted by molar-refractivity contribution is 0.102. The second-order valence-corrected chi connectivity index (χ2v) is 7.66. The molecule has 4 nitrogen and oxygen atoms in total. The number of benzene rings is 2. The highest BCUT2D eigenvalue weighted by molar-refractivity contribution is 7.99. The van der Waals surface area contributed by atoms with Crippen LogP contribution in [0.4, 0.5) is 5.13 Å². The molecule has 0 atom stereocenters. The van der Waals surface area contributed by atoms with Crippen molar-refractivity contribution in [1.82, 2.24) is 10.2 Å². The van der Waals surface area contributed by atoms with Gasteiger partial charge in [0.05, 0.1) is 5.56 Å². The Morgan fingerprint density at radius 1 is 1.08 bits per heavy atom. The summed E-state index contributed by atoms with van der Waals surface area (Å²) in [6.45, 7) is 2.13. The fourth-order valence-corrected chi connectivity index (χ4v) is 3.99. The number of hydrogen-bond donors (Lipinski definition) is 1. The number of nitrogens with zero attached hydrogens (tertiary/aromatic N) is 2. The molecule has 0 fully saturated rings. The molecule has 0 aliphatic carbocycles. The second kappa shape index (κ2) is 8.78. The summed E-state index contributed by atoms with van der Waals surface area (Å²) in [5.41, 5.74) is 1.86. The largest absolute Gasteiger partial charge is 0.296 e. The minimum absolute atomic E-state index is 0.137. The Balaban J connectivity index is 1.68. The van der Waals surface area contributed by atoms with Gasteiger partial charge in [0.25, 0.3) is 5.91 Å². The molecule has 0 aliphatic heterocycles. The Labute approximate surface area is 155 Å². The van der Waals surface area contributed by atoms with Gasteiger partial charge in [0.1, 0.15) is 5.01 Å². The lowest BCUT2D eigenvalue weighted by atomic mass is 10.2. The maximum atomic E-state index is 12.6. The van der Waals surface area contributed by atoms with Crippen molar-refractivity contribution in [1.29, 1.82) is 0 Å². The molecule has 1 heterocycles. The number of anilines is 1. The van der Waals surface area contributed by atoms with E-state index in [4.69, 9.17) is 0 Å². The second-order valence-electron chi connectivity index (χ2n) is 5.46. The Hall–Kier alpha value is -2.18. The van der Waals surface area contributed by atoms with Crippen molar-refractivity contribution >= 4 is 34.1 Å². The fraction of sp³-hybridized carbons (Fsp3) is 0.211. The molecule has 2 aromatic carbocycles. The van der Waals surface area contributed by atoms with E-state index in [2.05, 4.69) is 34.6 Å². The molecule has 3 aromatic rings. The number of amides is 1. The normalized spacial score (nSPS) is 10.6. The van der Waals surface area contributed by atoms with E-state index in [1.807, 2.05) is 42.5 Å². The minimum atomic E-state index is -0.137. The quantitative estimate of drug-likeness (QED) is 0.603. The Morgan fingerprint density at radius 3 is 2.64 bits per heavy atom. The average molecular weight is 370 g/mol. The molecule has 0 saturated heterocycles. The van der Waals surface area contributed by atoms with Crippen LogP contribution in [0.5, 0.6) is 0 Å². The van der Waals surface area contributed by atoms with Crippen LogP contribution in [-0.2, 0) is 6.42 Å². The van der Waals surface area contributed by atoms with Crippen molar-refractivity contribution < 1.29 is 4.79 Å². The lowest BCUT2D eigenvalue weighted by Gasteiger charge is -2.07. The first kappa shape index (κ1) is 17.6. The summed E-state index contributed by atoms with van der Waals surface area (Å²) in [5, 5.41) is 12.6. The molecule has 1 N–H and O–H groups in total. The standard InChI is InChI=1S/C19H19N3OS2/c1-2-12-24-16-11-7-6-10-15(16)18(23)20-19-22-21-17(25-19)13-14-8-4-3-5-9-14/h3-11H,2,12-13H2,1H3,(H,20,22,23). The topological polar surface area (TPSA) is 54.9 Å². The minimum Gasteiger partial charge on any atom is -0.296 e. The average Bonchev–Trinajstić information content (AvgIpc) is 3.07. The van der Waals surface area contributed by atoms with Gasteiger partial charge < -0.3 is 0 Å². The van der Waals surface area contributed by atoms with Crippen LogP contribution < -0.4 is 5.32 Å². The van der Waals surface area contributed by atoms with Gasteiger partial charge in [-0.3, -0.25) is 10.1 Å². The maximum absolute atomic E-state index is 12.6. The zero-order valence-electron chi connectivity index (χ0n) is 13.9. The predicted octanol–water partition coefficient (Wildman–Crippen LogP) is 4.88. The Bertz CT molecular complexity index is 833.